The topological polar surface area (TPSA) is 39.4 Å². The van der Waals surface area contributed by atoms with Crippen molar-refractivity contribution < 1.29 is 13.3 Å². The monoisotopic (exact) mass is 2760 g/mol. The number of halogens is 17. The highest BCUT2D eigenvalue weighted by molar-refractivity contribution is 14.1. The van der Waals surface area contributed by atoms with Gasteiger partial charge >= 0.3 is 0 Å². The van der Waals surface area contributed by atoms with Crippen LogP contribution in [0.25, 0.3) is 202 Å². The lowest BCUT2D eigenvalue weighted by molar-refractivity contribution is 0.666. The molecule has 0 fully saturated rings. The lowest BCUT2D eigenvalue weighted by Gasteiger charge is -2.09. The van der Waals surface area contributed by atoms with E-state index in [4.69, 9.17) is 94.5 Å². The van der Waals surface area contributed by atoms with Gasteiger partial charge in [-0.2, -0.15) is 0 Å². The van der Waals surface area contributed by atoms with Gasteiger partial charge in [-0.1, -0.05) is 319 Å². The number of fused-ring (bicyclic) bond motifs is 22. The summed E-state index contributed by atoms with van der Waals surface area (Å²) >= 11 is 82.3. The van der Waals surface area contributed by atoms with Crippen molar-refractivity contribution in [3.8, 4) is 44.5 Å². The predicted octanol–water partition coefficient (Wildman–Crippen LogP) is 46.5. The standard InChI is InChI=1S/C22H12BrClO.2C18H9BrClIO.C18H9BrClIS.3C12H6BrClS/c23-18-7-3-9-20-22(18)21-17(6-2-8-19(21)25-20)16-5-1-4-13-12-14(24)10-11-15(13)16;19-14-5-2-6-16-17(14)13-8-11(9-15(21)18(13)22-16)10-3-1-4-12(20)7-10;19-13-5-2-6-15-16(13)17-14(21)8-7-12(18(17)22-15)10-3-1-4-11(20)9-10;19-13-2-1-3-15-17(13)18-14(21)8-11(9-16(18)22-15)10-4-6-12(20)7-5-10;13-7-5-9(14)12-8-3-1-2-4-10(8)15-11(12)6-7;13-9-6-12-8(5-10(9)14)7-3-1-2-4-11(7)15-12;13-11-9(14)6-5-8-7-3-1-2-4-10(7)15-12(8)11/h1-12H;3*1-9H;3*1-6H. The van der Waals surface area contributed by atoms with Crippen molar-refractivity contribution in [1.29, 1.82) is 0 Å². The molecule has 0 N–H and O–H groups in total. The molecule has 0 aliphatic heterocycles. The first-order valence-electron chi connectivity index (χ1n) is 41.7. The minimum absolute atomic E-state index is 0.724. The van der Waals surface area contributed by atoms with Crippen molar-refractivity contribution in [1.82, 2.24) is 0 Å². The Morgan fingerprint density at radius 1 is 0.221 bits per heavy atom. The molecule has 136 heavy (non-hydrogen) atoms. The molecule has 0 spiro atoms. The van der Waals surface area contributed by atoms with Crippen molar-refractivity contribution >= 4 is 463 Å². The molecule has 0 aliphatic carbocycles. The Bertz CT molecular complexity index is 9220. The van der Waals surface area contributed by atoms with E-state index < -0.39 is 0 Å². The number of benzene rings is 19. The van der Waals surface area contributed by atoms with Crippen molar-refractivity contribution in [3.63, 3.8) is 0 Å². The van der Waals surface area contributed by atoms with Crippen LogP contribution in [-0.4, -0.2) is 0 Å². The van der Waals surface area contributed by atoms with Crippen LogP contribution in [-0.2, 0) is 0 Å². The van der Waals surface area contributed by atoms with E-state index in [0.29, 0.717) is 0 Å². The molecule has 26 aromatic rings. The van der Waals surface area contributed by atoms with Crippen molar-refractivity contribution in [3.05, 3.63) is 423 Å². The van der Waals surface area contributed by atoms with Crippen LogP contribution >= 0.6 is 306 Å². The smallest absolute Gasteiger partial charge is 0.148 e. The quantitative estimate of drug-likeness (QED) is 0.165. The fraction of sp³-hybridized carbons (Fsp3) is 0. The highest BCUT2D eigenvalue weighted by Gasteiger charge is 2.23. The largest absolute Gasteiger partial charge is 0.456 e. The molecule has 0 amide bonds. The SMILES string of the molecule is Clc1cc(Br)cc2sc3ccccc3c12.Clc1cc2c(cc1Br)sc1ccccc12.Clc1ccc(-c2cc(I)c3c(c2)sc2cccc(Br)c23)cc1.Clc1ccc2c(-c3cccc4oc5cccc(Br)c5c34)cccc2c1.Clc1ccc2c(sc3ccccc32)c1Br.Clc1cccc(-c2cc(I)c3oc4cccc(Br)c4c3c2)c1.Clc1cccc(-c2ccc(I)c3c2oc2cccc(Br)c23)c1. The summed E-state index contributed by atoms with van der Waals surface area (Å²) in [6, 6.07) is 117. The lowest BCUT2D eigenvalue weighted by Crippen LogP contribution is -1.83. The summed E-state index contributed by atoms with van der Waals surface area (Å²) < 4.78 is 39.3. The fourth-order valence-electron chi connectivity index (χ4n) is 16.8. The second kappa shape index (κ2) is 42.1. The van der Waals surface area contributed by atoms with Gasteiger partial charge in [-0.25, -0.2) is 0 Å². The second-order valence-corrected chi connectivity index (χ2v) is 48.0. The van der Waals surface area contributed by atoms with Crippen LogP contribution in [0.3, 0.4) is 0 Å². The Labute approximate surface area is 930 Å². The zero-order valence-electron chi connectivity index (χ0n) is 69.7. The number of hydrogen-bond donors (Lipinski definition) is 0. The third-order valence-electron chi connectivity index (χ3n) is 22.9. The molecule has 666 valence electrons. The molecule has 24 heteroatoms. The van der Waals surface area contributed by atoms with Crippen LogP contribution in [0.5, 0.6) is 0 Å². The molecule has 7 aromatic heterocycles. The van der Waals surface area contributed by atoms with E-state index in [2.05, 4.69) is 379 Å². The molecular formula is C112H57Br7Cl7I3O3S4. The van der Waals surface area contributed by atoms with Gasteiger partial charge < -0.3 is 13.3 Å². The van der Waals surface area contributed by atoms with Gasteiger partial charge in [0.05, 0.1) is 27.8 Å². The summed E-state index contributed by atoms with van der Waals surface area (Å²) in [5, 5.41) is 24.5. The highest BCUT2D eigenvalue weighted by atomic mass is 127. The molecule has 0 radical (unpaired) electrons. The molecule has 0 atom stereocenters. The number of rotatable bonds is 4. The van der Waals surface area contributed by atoms with Crippen LogP contribution in [0.15, 0.2) is 390 Å². The first-order valence-corrected chi connectivity index (χ1v) is 56.4. The van der Waals surface area contributed by atoms with Gasteiger partial charge in [0.15, 0.2) is 0 Å². The van der Waals surface area contributed by atoms with Gasteiger partial charge in [-0.15, -0.1) is 45.3 Å². The molecule has 0 bridgehead atoms. The van der Waals surface area contributed by atoms with E-state index in [0.717, 1.165) is 169 Å². The van der Waals surface area contributed by atoms with Crippen molar-refractivity contribution in [2.24, 2.45) is 0 Å². The van der Waals surface area contributed by atoms with Gasteiger partial charge in [0.2, 0.25) is 0 Å². The van der Waals surface area contributed by atoms with Gasteiger partial charge in [0.25, 0.3) is 0 Å². The van der Waals surface area contributed by atoms with Gasteiger partial charge in [-0.05, 0) is 337 Å². The molecule has 0 saturated heterocycles. The Balaban J connectivity index is 0.0000000990. The molecule has 3 nitrogen and oxygen atoms in total. The number of hydrogen-bond acceptors (Lipinski definition) is 7. The Morgan fingerprint density at radius 3 is 1.45 bits per heavy atom. The van der Waals surface area contributed by atoms with E-state index in [-0.39, 0.29) is 0 Å². The van der Waals surface area contributed by atoms with Crippen molar-refractivity contribution in [2.45, 2.75) is 0 Å². The van der Waals surface area contributed by atoms with Crippen LogP contribution < -0.4 is 0 Å². The summed E-state index contributed by atoms with van der Waals surface area (Å²) in [4.78, 5) is 0. The Hall–Kier alpha value is -6.70. The molecule has 19 aromatic carbocycles. The van der Waals surface area contributed by atoms with E-state index in [9.17, 15) is 0 Å². The molecule has 7 heterocycles. The average Bonchev–Trinajstić information content (AvgIpc) is 1.43. The molecule has 0 saturated carbocycles. The minimum Gasteiger partial charge on any atom is -0.456 e. The summed E-state index contributed by atoms with van der Waals surface area (Å²) in [6.45, 7) is 0. The summed E-state index contributed by atoms with van der Waals surface area (Å²) in [5.41, 5.74) is 14.5. The maximum atomic E-state index is 6.26. The van der Waals surface area contributed by atoms with E-state index in [1.807, 2.05) is 157 Å². The lowest BCUT2D eigenvalue weighted by atomic mass is 9.95. The van der Waals surface area contributed by atoms with E-state index in [1.165, 1.54) is 110 Å². The average molecular weight is 2770 g/mol. The minimum atomic E-state index is 0.724. The van der Waals surface area contributed by atoms with Crippen LogP contribution in [0.1, 0.15) is 0 Å². The normalized spacial score (nSPS) is 11.4. The number of thiophene rings is 4. The second-order valence-electron chi connectivity index (χ2n) is 31.3. The Morgan fingerprint density at radius 2 is 0.735 bits per heavy atom. The highest BCUT2D eigenvalue weighted by Crippen LogP contribution is 2.50. The first kappa shape index (κ1) is 96.8. The molecule has 0 unspecified atom stereocenters. The van der Waals surface area contributed by atoms with Crippen LogP contribution in [0, 0.1) is 10.7 Å². The van der Waals surface area contributed by atoms with Gasteiger partial charge in [0, 0.05) is 168 Å². The van der Waals surface area contributed by atoms with E-state index in [1.54, 1.807) is 34.0 Å². The maximum absolute atomic E-state index is 6.26. The third-order valence-corrected chi connectivity index (χ3v) is 37.2. The van der Waals surface area contributed by atoms with Crippen LogP contribution in [0.2, 0.25) is 35.2 Å². The zero-order chi connectivity index (χ0) is 94.0. The summed E-state index contributed by atoms with van der Waals surface area (Å²) in [5.74, 6) is 0. The summed E-state index contributed by atoms with van der Waals surface area (Å²) in [6.07, 6.45) is 0. The third kappa shape index (κ3) is 19.9. The summed E-state index contributed by atoms with van der Waals surface area (Å²) in [7, 11) is 0. The van der Waals surface area contributed by atoms with Crippen LogP contribution in [0.4, 0.5) is 0 Å². The maximum Gasteiger partial charge on any atom is 0.148 e. The van der Waals surface area contributed by atoms with Gasteiger partial charge in [-0.3, -0.25) is 0 Å². The predicted molar refractivity (Wildman–Crippen MR) is 645 cm³/mol. The zero-order valence-corrected chi connectivity index (χ0v) is 95.8. The number of furan rings is 3. The first-order chi connectivity index (χ1) is 65.9. The van der Waals surface area contributed by atoms with Crippen molar-refractivity contribution in [2.75, 3.05) is 0 Å². The molecule has 0 aliphatic rings. The molecular weight excluding hydrogens is 2710 g/mol. The van der Waals surface area contributed by atoms with Gasteiger partial charge in [0.1, 0.15) is 33.5 Å². The Kier molecular flexibility index (Phi) is 29.9. The van der Waals surface area contributed by atoms with E-state index >= 15 is 0 Å². The fourth-order valence-corrected chi connectivity index (χ4v) is 29.6. The molecule has 26 rings (SSSR count).